The summed E-state index contributed by atoms with van der Waals surface area (Å²) in [6, 6.07) is -0.306. The molecule has 0 radical (unpaired) electrons. The first kappa shape index (κ1) is 14.0. The summed E-state index contributed by atoms with van der Waals surface area (Å²) >= 11 is 0. The lowest BCUT2D eigenvalue weighted by atomic mass is 9.95. The topological polar surface area (TPSA) is 46.6 Å². The van der Waals surface area contributed by atoms with Crippen LogP contribution in [0, 0.1) is 5.41 Å². The maximum Gasteiger partial charge on any atom is 0.321 e. The Labute approximate surface area is 110 Å². The molecule has 2 aliphatic rings. The molecule has 0 aromatic carbocycles. The average Bonchev–Trinajstić information content (AvgIpc) is 3.18. The molecule has 1 saturated heterocycles. The van der Waals surface area contributed by atoms with Crippen LogP contribution < -0.4 is 0 Å². The van der Waals surface area contributed by atoms with Gasteiger partial charge in [-0.25, -0.2) is 0 Å². The Morgan fingerprint density at radius 3 is 2.42 bits per heavy atom. The Balaban J connectivity index is 2.10. The Morgan fingerprint density at radius 2 is 2.00 bits per heavy atom. The van der Waals surface area contributed by atoms with Crippen molar-refractivity contribution < 1.29 is 23.1 Å². The van der Waals surface area contributed by atoms with Crippen molar-refractivity contribution in [3.05, 3.63) is 11.7 Å². The van der Waals surface area contributed by atoms with Gasteiger partial charge in [-0.3, -0.25) is 9.59 Å². The van der Waals surface area contributed by atoms with Crippen LogP contribution in [0.1, 0.15) is 32.6 Å². The third-order valence-electron chi connectivity index (χ3n) is 3.99. The first-order valence-electron chi connectivity index (χ1n) is 6.35. The Bertz CT molecular complexity index is 439. The van der Waals surface area contributed by atoms with Gasteiger partial charge in [-0.15, -0.1) is 0 Å². The molecule has 0 aromatic rings. The van der Waals surface area contributed by atoms with Gasteiger partial charge in [-0.1, -0.05) is 0 Å². The van der Waals surface area contributed by atoms with Crippen LogP contribution in [-0.2, 0) is 14.3 Å². The molecule has 0 unspecified atom stereocenters. The molecule has 2 fully saturated rings. The van der Waals surface area contributed by atoms with Gasteiger partial charge in [-0.2, -0.15) is 8.78 Å². The summed E-state index contributed by atoms with van der Waals surface area (Å²) in [7, 11) is 1.26. The van der Waals surface area contributed by atoms with E-state index in [1.54, 1.807) is 6.92 Å². The molecular weight excluding hydrogens is 256 g/mol. The summed E-state index contributed by atoms with van der Waals surface area (Å²) < 4.78 is 29.8. The molecule has 1 aliphatic heterocycles. The van der Waals surface area contributed by atoms with Crippen molar-refractivity contribution >= 4 is 11.9 Å². The molecule has 0 spiro atoms. The largest absolute Gasteiger partial charge is 0.468 e. The van der Waals surface area contributed by atoms with Crippen molar-refractivity contribution in [3.8, 4) is 0 Å². The smallest absolute Gasteiger partial charge is 0.321 e. The molecule has 0 N–H and O–H groups in total. The van der Waals surface area contributed by atoms with Crippen LogP contribution >= 0.6 is 0 Å². The molecule has 0 aromatic heterocycles. The van der Waals surface area contributed by atoms with Crippen LogP contribution in [0.5, 0.6) is 0 Å². The van der Waals surface area contributed by atoms with E-state index in [0.717, 1.165) is 0 Å². The number of esters is 1. The van der Waals surface area contributed by atoms with Gasteiger partial charge in [0.2, 0.25) is 5.91 Å². The van der Waals surface area contributed by atoms with Crippen molar-refractivity contribution in [1.82, 2.24) is 4.90 Å². The number of methoxy groups -OCH3 is 1. The highest BCUT2D eigenvalue weighted by Crippen LogP contribution is 2.49. The second kappa shape index (κ2) is 4.90. The van der Waals surface area contributed by atoms with Crippen molar-refractivity contribution in [2.24, 2.45) is 5.41 Å². The second-order valence-electron chi connectivity index (χ2n) is 5.24. The monoisotopic (exact) mass is 273 g/mol. The van der Waals surface area contributed by atoms with Crippen molar-refractivity contribution in [1.29, 1.82) is 0 Å². The van der Waals surface area contributed by atoms with Gasteiger partial charge in [0.25, 0.3) is 6.08 Å². The fourth-order valence-corrected chi connectivity index (χ4v) is 2.62. The minimum Gasteiger partial charge on any atom is -0.468 e. The summed E-state index contributed by atoms with van der Waals surface area (Å²) in [6.07, 6.45) is -0.321. The second-order valence-corrected chi connectivity index (χ2v) is 5.24. The molecule has 2 rings (SSSR count). The van der Waals surface area contributed by atoms with Crippen LogP contribution in [-0.4, -0.2) is 36.5 Å². The lowest BCUT2D eigenvalue weighted by molar-refractivity contribution is -0.157. The van der Waals surface area contributed by atoms with Gasteiger partial charge < -0.3 is 9.64 Å². The van der Waals surface area contributed by atoms with Gasteiger partial charge in [0.15, 0.2) is 0 Å². The number of hydrogen-bond donors (Lipinski definition) is 0. The Morgan fingerprint density at radius 1 is 1.37 bits per heavy atom. The van der Waals surface area contributed by atoms with E-state index in [0.29, 0.717) is 12.8 Å². The van der Waals surface area contributed by atoms with Crippen molar-refractivity contribution in [3.63, 3.8) is 0 Å². The van der Waals surface area contributed by atoms with Gasteiger partial charge in [0, 0.05) is 12.6 Å². The molecular formula is C13H17F2NO3. The zero-order valence-corrected chi connectivity index (χ0v) is 11.0. The number of carbonyl (C=O) groups is 2. The number of hydrogen-bond acceptors (Lipinski definition) is 3. The van der Waals surface area contributed by atoms with E-state index in [4.69, 9.17) is 0 Å². The quantitative estimate of drug-likeness (QED) is 0.572. The summed E-state index contributed by atoms with van der Waals surface area (Å²) in [5.41, 5.74) is -0.933. The van der Waals surface area contributed by atoms with E-state index in [2.05, 4.69) is 4.74 Å². The molecule has 106 valence electrons. The standard InChI is InChI=1S/C13H17F2NO3/c1-8-7-9(10(14)15)3-6-16(8)11(17)13(4-5-13)12(18)19-2/h8H,3-7H2,1-2H3/t8-/m1/s1. The number of amides is 1. The van der Waals surface area contributed by atoms with E-state index in [1.807, 2.05) is 0 Å². The summed E-state index contributed by atoms with van der Waals surface area (Å²) in [6.45, 7) is 1.97. The number of nitrogens with zero attached hydrogens (tertiary/aromatic N) is 1. The third-order valence-corrected chi connectivity index (χ3v) is 3.99. The van der Waals surface area contributed by atoms with E-state index in [9.17, 15) is 18.4 Å². The predicted molar refractivity (Wildman–Crippen MR) is 63.3 cm³/mol. The highest BCUT2D eigenvalue weighted by Gasteiger charge is 2.59. The van der Waals surface area contributed by atoms with Crippen LogP contribution in [0.25, 0.3) is 0 Å². The number of ether oxygens (including phenoxy) is 1. The molecule has 1 atom stereocenters. The number of halogens is 2. The number of likely N-dealkylation sites (tertiary alicyclic amines) is 1. The fourth-order valence-electron chi connectivity index (χ4n) is 2.62. The van der Waals surface area contributed by atoms with Crippen LogP contribution in [0.3, 0.4) is 0 Å². The summed E-state index contributed by atoms with van der Waals surface area (Å²) in [5, 5.41) is 0. The van der Waals surface area contributed by atoms with Crippen molar-refractivity contribution in [2.45, 2.75) is 38.6 Å². The summed E-state index contributed by atoms with van der Waals surface area (Å²) in [4.78, 5) is 25.6. The number of rotatable bonds is 2. The van der Waals surface area contributed by atoms with E-state index in [-0.39, 0.29) is 36.9 Å². The van der Waals surface area contributed by atoms with E-state index < -0.39 is 17.5 Å². The van der Waals surface area contributed by atoms with Crippen LogP contribution in [0.2, 0.25) is 0 Å². The molecule has 1 aliphatic carbocycles. The first-order valence-corrected chi connectivity index (χ1v) is 6.35. The maximum absolute atomic E-state index is 12.6. The predicted octanol–water partition coefficient (Wildman–Crippen LogP) is 2.10. The SMILES string of the molecule is COC(=O)C1(C(=O)N2CCC(=C(F)F)C[C@H]2C)CC1. The molecule has 6 heteroatoms. The highest BCUT2D eigenvalue weighted by atomic mass is 19.3. The van der Waals surface area contributed by atoms with E-state index in [1.165, 1.54) is 12.0 Å². The number of piperidine rings is 1. The highest BCUT2D eigenvalue weighted by molar-refractivity contribution is 6.05. The zero-order valence-electron chi connectivity index (χ0n) is 11.0. The lowest BCUT2D eigenvalue weighted by Gasteiger charge is -2.36. The minimum atomic E-state index is -1.65. The molecule has 1 amide bonds. The van der Waals surface area contributed by atoms with Gasteiger partial charge in [-0.05, 0) is 38.2 Å². The van der Waals surface area contributed by atoms with Gasteiger partial charge in [0.05, 0.1) is 7.11 Å². The third kappa shape index (κ3) is 2.35. The Kier molecular flexibility index (Phi) is 3.60. The zero-order chi connectivity index (χ0) is 14.2. The molecule has 4 nitrogen and oxygen atoms in total. The first-order chi connectivity index (χ1) is 8.92. The van der Waals surface area contributed by atoms with E-state index >= 15 is 0 Å². The maximum atomic E-state index is 12.6. The molecule has 1 heterocycles. The van der Waals surface area contributed by atoms with Gasteiger partial charge in [0.1, 0.15) is 5.41 Å². The van der Waals surface area contributed by atoms with Gasteiger partial charge >= 0.3 is 5.97 Å². The number of carbonyl (C=O) groups excluding carboxylic acids is 2. The molecule has 1 saturated carbocycles. The van der Waals surface area contributed by atoms with Crippen molar-refractivity contribution in [2.75, 3.05) is 13.7 Å². The Hall–Kier alpha value is -1.46. The summed E-state index contributed by atoms with van der Waals surface area (Å²) in [5.74, 6) is -0.784. The molecule has 19 heavy (non-hydrogen) atoms. The molecule has 0 bridgehead atoms. The lowest BCUT2D eigenvalue weighted by Crippen LogP contribution is -2.48. The van der Waals surface area contributed by atoms with Crippen LogP contribution in [0.15, 0.2) is 11.7 Å². The normalized spacial score (nSPS) is 24.9. The average molecular weight is 273 g/mol. The van der Waals surface area contributed by atoms with Crippen LogP contribution in [0.4, 0.5) is 8.78 Å². The minimum absolute atomic E-state index is 0.111. The fraction of sp³-hybridized carbons (Fsp3) is 0.692.